The summed E-state index contributed by atoms with van der Waals surface area (Å²) in [7, 11) is 0. The number of hydrogen-bond acceptors (Lipinski definition) is 4. The third-order valence-corrected chi connectivity index (χ3v) is 5.07. The number of esters is 1. The number of ether oxygens (including phenoxy) is 2. The van der Waals surface area contributed by atoms with Crippen molar-refractivity contribution >= 4 is 12.1 Å². The fraction of sp³-hybridized carbons (Fsp3) is 0.789. The molecule has 1 amide bonds. The molecule has 2 fully saturated rings. The van der Waals surface area contributed by atoms with Gasteiger partial charge in [-0.15, -0.1) is 0 Å². The molecule has 3 aliphatic rings. The minimum atomic E-state index is -0.579. The van der Waals surface area contributed by atoms with Gasteiger partial charge < -0.3 is 9.47 Å². The Morgan fingerprint density at radius 3 is 2.12 bits per heavy atom. The molecule has 24 heavy (non-hydrogen) atoms. The van der Waals surface area contributed by atoms with Gasteiger partial charge in [0.05, 0.1) is 0 Å². The van der Waals surface area contributed by atoms with Gasteiger partial charge in [0.25, 0.3) is 0 Å². The van der Waals surface area contributed by atoms with E-state index in [9.17, 15) is 9.59 Å². The molecule has 0 aromatic carbocycles. The minimum absolute atomic E-state index is 0.155. The molecule has 0 radical (unpaired) electrons. The van der Waals surface area contributed by atoms with Gasteiger partial charge in [-0.05, 0) is 65.7 Å². The van der Waals surface area contributed by atoms with E-state index in [0.717, 1.165) is 6.42 Å². The number of carbonyl (C=O) groups is 2. The molecule has 3 rings (SSSR count). The maximum atomic E-state index is 12.9. The first-order valence-corrected chi connectivity index (χ1v) is 8.87. The van der Waals surface area contributed by atoms with Crippen molar-refractivity contribution in [1.82, 2.24) is 4.90 Å². The predicted molar refractivity (Wildman–Crippen MR) is 90.3 cm³/mol. The van der Waals surface area contributed by atoms with Gasteiger partial charge in [0.2, 0.25) is 0 Å². The van der Waals surface area contributed by atoms with Crippen LogP contribution in [-0.4, -0.2) is 40.8 Å². The van der Waals surface area contributed by atoms with E-state index in [0.29, 0.717) is 24.3 Å². The predicted octanol–water partition coefficient (Wildman–Crippen LogP) is 3.39. The zero-order valence-corrected chi connectivity index (χ0v) is 15.5. The Bertz CT molecular complexity index is 569. The summed E-state index contributed by atoms with van der Waals surface area (Å²) >= 11 is 0. The lowest BCUT2D eigenvalue weighted by Crippen LogP contribution is -2.48. The average molecular weight is 335 g/mol. The first-order chi connectivity index (χ1) is 11.0. The van der Waals surface area contributed by atoms with Crippen LogP contribution in [0.3, 0.4) is 0 Å². The summed E-state index contributed by atoms with van der Waals surface area (Å²) in [6.45, 7) is 11.7. The van der Waals surface area contributed by atoms with Crippen LogP contribution in [0.15, 0.2) is 12.2 Å². The molecular weight excluding hydrogens is 306 g/mol. The Morgan fingerprint density at radius 1 is 0.958 bits per heavy atom. The van der Waals surface area contributed by atoms with Crippen molar-refractivity contribution in [2.75, 3.05) is 6.54 Å². The highest BCUT2D eigenvalue weighted by Gasteiger charge is 2.59. The summed E-state index contributed by atoms with van der Waals surface area (Å²) in [6.07, 6.45) is 5.14. The van der Waals surface area contributed by atoms with Crippen LogP contribution < -0.4 is 0 Å². The Balaban J connectivity index is 1.85. The molecule has 1 heterocycles. The van der Waals surface area contributed by atoms with Gasteiger partial charge in [0, 0.05) is 12.5 Å². The molecule has 0 aromatic rings. The van der Waals surface area contributed by atoms with Gasteiger partial charge in [-0.2, -0.15) is 0 Å². The van der Waals surface area contributed by atoms with E-state index in [1.165, 1.54) is 0 Å². The van der Waals surface area contributed by atoms with Crippen molar-refractivity contribution in [3.05, 3.63) is 12.2 Å². The van der Waals surface area contributed by atoms with Crippen LogP contribution in [0.25, 0.3) is 0 Å². The zero-order chi connectivity index (χ0) is 17.9. The largest absolute Gasteiger partial charge is 0.458 e. The van der Waals surface area contributed by atoms with Crippen LogP contribution in [-0.2, 0) is 14.3 Å². The monoisotopic (exact) mass is 335 g/mol. The van der Waals surface area contributed by atoms with Gasteiger partial charge in [-0.3, -0.25) is 4.90 Å². The highest BCUT2D eigenvalue weighted by Crippen LogP contribution is 2.54. The lowest BCUT2D eigenvalue weighted by Gasteiger charge is -2.32. The summed E-state index contributed by atoms with van der Waals surface area (Å²) in [5, 5.41) is 0. The second-order valence-electron chi connectivity index (χ2n) is 9.30. The number of amides is 1. The van der Waals surface area contributed by atoms with E-state index < -0.39 is 23.3 Å². The van der Waals surface area contributed by atoms with Crippen LogP contribution in [0.5, 0.6) is 0 Å². The zero-order valence-electron chi connectivity index (χ0n) is 15.5. The normalized spacial score (nSPS) is 34.4. The van der Waals surface area contributed by atoms with E-state index in [4.69, 9.17) is 9.47 Å². The van der Waals surface area contributed by atoms with Crippen molar-refractivity contribution < 1.29 is 19.1 Å². The molecule has 1 saturated carbocycles. The summed E-state index contributed by atoms with van der Waals surface area (Å²) in [5.74, 6) is 1.02. The lowest BCUT2D eigenvalue weighted by atomic mass is 9.82. The maximum Gasteiger partial charge on any atom is 0.411 e. The molecule has 5 nitrogen and oxygen atoms in total. The molecule has 1 aliphatic heterocycles. The van der Waals surface area contributed by atoms with E-state index >= 15 is 0 Å². The SMILES string of the molecule is CC(C)(C)OC(=O)[C@@H]1[C@@H]2[C@H](CN1C(=O)OC(C)(C)C)[C@@H]1C=C[C@H]2C1. The van der Waals surface area contributed by atoms with Crippen molar-refractivity contribution in [1.29, 1.82) is 0 Å². The molecule has 5 heteroatoms. The molecule has 2 bridgehead atoms. The van der Waals surface area contributed by atoms with E-state index in [1.807, 2.05) is 41.5 Å². The molecular formula is C19H29NO4. The molecule has 0 spiro atoms. The van der Waals surface area contributed by atoms with E-state index in [2.05, 4.69) is 12.2 Å². The smallest absolute Gasteiger partial charge is 0.411 e. The van der Waals surface area contributed by atoms with Gasteiger partial charge >= 0.3 is 12.1 Å². The number of nitrogens with zero attached hydrogens (tertiary/aromatic N) is 1. The highest BCUT2D eigenvalue weighted by molar-refractivity contribution is 5.83. The van der Waals surface area contributed by atoms with E-state index in [1.54, 1.807) is 4.90 Å². The quantitative estimate of drug-likeness (QED) is 0.544. The molecule has 1 saturated heterocycles. The third-order valence-electron chi connectivity index (χ3n) is 5.07. The molecule has 0 unspecified atom stereocenters. The Morgan fingerprint density at radius 2 is 1.54 bits per heavy atom. The Labute approximate surface area is 144 Å². The van der Waals surface area contributed by atoms with Crippen LogP contribution >= 0.6 is 0 Å². The average Bonchev–Trinajstić information content (AvgIpc) is 3.05. The van der Waals surface area contributed by atoms with Crippen LogP contribution in [0, 0.1) is 23.7 Å². The standard InChI is InChI=1S/C19H29NO4/c1-18(2,3)23-16(21)15-14-12-8-7-11(9-12)13(14)10-20(15)17(22)24-19(4,5)6/h7-8,11-15H,9-10H2,1-6H3/t11-,12+,13-,14+,15+/m1/s1. The third kappa shape index (κ3) is 3.17. The Hall–Kier alpha value is -1.52. The second-order valence-corrected chi connectivity index (χ2v) is 9.30. The molecule has 5 atom stereocenters. The summed E-state index contributed by atoms with van der Waals surface area (Å²) in [5.41, 5.74) is -1.15. The summed E-state index contributed by atoms with van der Waals surface area (Å²) in [6, 6.07) is -0.538. The van der Waals surface area contributed by atoms with Gasteiger partial charge in [0.15, 0.2) is 0 Å². The number of fused-ring (bicyclic) bond motifs is 5. The molecule has 134 valence electrons. The van der Waals surface area contributed by atoms with Crippen molar-refractivity contribution in [3.63, 3.8) is 0 Å². The molecule has 2 aliphatic carbocycles. The first kappa shape index (κ1) is 17.3. The number of hydrogen-bond donors (Lipinski definition) is 0. The van der Waals surface area contributed by atoms with Gasteiger partial charge in [-0.25, -0.2) is 9.59 Å². The van der Waals surface area contributed by atoms with Gasteiger partial charge in [-0.1, -0.05) is 12.2 Å². The van der Waals surface area contributed by atoms with Crippen molar-refractivity contribution in [2.24, 2.45) is 23.7 Å². The summed E-state index contributed by atoms with van der Waals surface area (Å²) < 4.78 is 11.2. The fourth-order valence-corrected chi connectivity index (χ4v) is 4.39. The number of likely N-dealkylation sites (tertiary alicyclic amines) is 1. The summed E-state index contributed by atoms with van der Waals surface area (Å²) in [4.78, 5) is 27.2. The van der Waals surface area contributed by atoms with Crippen LogP contribution in [0.2, 0.25) is 0 Å². The van der Waals surface area contributed by atoms with E-state index in [-0.39, 0.29) is 11.9 Å². The second kappa shape index (κ2) is 5.50. The number of allylic oxidation sites excluding steroid dienone is 2. The topological polar surface area (TPSA) is 55.8 Å². The minimum Gasteiger partial charge on any atom is -0.458 e. The highest BCUT2D eigenvalue weighted by atomic mass is 16.6. The molecule has 0 aromatic heterocycles. The van der Waals surface area contributed by atoms with Crippen molar-refractivity contribution in [2.45, 2.75) is 65.2 Å². The van der Waals surface area contributed by atoms with Crippen LogP contribution in [0.1, 0.15) is 48.0 Å². The first-order valence-electron chi connectivity index (χ1n) is 8.87. The van der Waals surface area contributed by atoms with Crippen LogP contribution in [0.4, 0.5) is 4.79 Å². The van der Waals surface area contributed by atoms with Crippen molar-refractivity contribution in [3.8, 4) is 0 Å². The number of carbonyl (C=O) groups excluding carboxylic acids is 2. The van der Waals surface area contributed by atoms with Gasteiger partial charge in [0.1, 0.15) is 17.2 Å². The molecule has 0 N–H and O–H groups in total. The fourth-order valence-electron chi connectivity index (χ4n) is 4.39. The number of rotatable bonds is 1. The Kier molecular flexibility index (Phi) is 3.97. The maximum absolute atomic E-state index is 12.9. The lowest BCUT2D eigenvalue weighted by molar-refractivity contribution is -0.162.